The number of nitrogens with zero attached hydrogens (tertiary/aromatic N) is 2. The van der Waals surface area contributed by atoms with Crippen molar-refractivity contribution in [3.8, 4) is 0 Å². The molecule has 1 aliphatic heterocycles. The van der Waals surface area contributed by atoms with E-state index >= 15 is 0 Å². The van der Waals surface area contributed by atoms with Gasteiger partial charge in [-0.05, 0) is 27.7 Å². The van der Waals surface area contributed by atoms with Gasteiger partial charge in [-0.2, -0.15) is 0 Å². The van der Waals surface area contributed by atoms with Gasteiger partial charge in [-0.1, -0.05) is 0 Å². The van der Waals surface area contributed by atoms with Crippen molar-refractivity contribution < 1.29 is 19.1 Å². The van der Waals surface area contributed by atoms with E-state index in [9.17, 15) is 9.59 Å². The molecule has 1 fully saturated rings. The van der Waals surface area contributed by atoms with Gasteiger partial charge < -0.3 is 14.8 Å². The molecule has 7 nitrogen and oxygen atoms in total. The summed E-state index contributed by atoms with van der Waals surface area (Å²) in [6.45, 7) is 10.9. The van der Waals surface area contributed by atoms with E-state index in [1.54, 1.807) is 25.8 Å². The number of morpholine rings is 1. The maximum atomic E-state index is 12.2. The summed E-state index contributed by atoms with van der Waals surface area (Å²) in [5.74, 6) is -0.00420. The van der Waals surface area contributed by atoms with E-state index in [1.165, 1.54) is 0 Å². The highest BCUT2D eigenvalue weighted by Gasteiger charge is 2.22. The number of nitrogens with one attached hydrogen (secondary N) is 1. The van der Waals surface area contributed by atoms with E-state index in [0.717, 1.165) is 13.1 Å². The second-order valence-corrected chi connectivity index (χ2v) is 5.85. The summed E-state index contributed by atoms with van der Waals surface area (Å²) in [6.07, 6.45) is -0.241. The van der Waals surface area contributed by atoms with Gasteiger partial charge in [0.05, 0.1) is 13.2 Å². The summed E-state index contributed by atoms with van der Waals surface area (Å²) in [6, 6.07) is 0. The van der Waals surface area contributed by atoms with Crippen LogP contribution in [-0.4, -0.2) is 67.0 Å². The fraction of sp³-hybridized carbons (Fsp3) is 0.857. The molecule has 0 aliphatic carbocycles. The van der Waals surface area contributed by atoms with Crippen LogP contribution in [0.3, 0.4) is 0 Å². The molecular formula is C14H27N3O4. The highest BCUT2D eigenvalue weighted by Crippen LogP contribution is 2.07. The molecule has 0 aromatic rings. The lowest BCUT2D eigenvalue weighted by Crippen LogP contribution is -2.51. The lowest BCUT2D eigenvalue weighted by atomic mass is 10.2. The molecule has 1 saturated heterocycles. The molecule has 0 bridgehead atoms. The fourth-order valence-electron chi connectivity index (χ4n) is 2.04. The smallest absolute Gasteiger partial charge is 0.407 e. The SMILES string of the molecule is CCN(C(=O)CCNC(=O)OC(C)(C)C)N1CCOCC1. The zero-order chi connectivity index (χ0) is 15.9. The van der Waals surface area contributed by atoms with Gasteiger partial charge in [-0.3, -0.25) is 9.80 Å². The summed E-state index contributed by atoms with van der Waals surface area (Å²) in [5.41, 5.74) is -0.530. The molecule has 0 atom stereocenters. The van der Waals surface area contributed by atoms with Crippen molar-refractivity contribution in [1.82, 2.24) is 15.3 Å². The first kappa shape index (κ1) is 17.7. The summed E-state index contributed by atoms with van der Waals surface area (Å²) >= 11 is 0. The number of hydrogen-bond donors (Lipinski definition) is 1. The fourth-order valence-corrected chi connectivity index (χ4v) is 2.04. The van der Waals surface area contributed by atoms with Crippen LogP contribution in [0.25, 0.3) is 0 Å². The first-order valence-electron chi connectivity index (χ1n) is 7.43. The average molecular weight is 301 g/mol. The number of hydrogen-bond acceptors (Lipinski definition) is 5. The van der Waals surface area contributed by atoms with E-state index in [2.05, 4.69) is 5.32 Å². The van der Waals surface area contributed by atoms with Crippen molar-refractivity contribution in [3.63, 3.8) is 0 Å². The molecule has 21 heavy (non-hydrogen) atoms. The number of amides is 2. The molecule has 2 amide bonds. The molecule has 122 valence electrons. The van der Waals surface area contributed by atoms with Gasteiger partial charge >= 0.3 is 6.09 Å². The molecule has 0 saturated carbocycles. The molecule has 7 heteroatoms. The number of hydrazine groups is 1. The van der Waals surface area contributed by atoms with E-state index in [0.29, 0.717) is 19.8 Å². The highest BCUT2D eigenvalue weighted by atomic mass is 16.6. The average Bonchev–Trinajstić information content (AvgIpc) is 2.38. The number of carbonyl (C=O) groups excluding carboxylic acids is 2. The topological polar surface area (TPSA) is 71.1 Å². The van der Waals surface area contributed by atoms with Crippen LogP contribution in [0.1, 0.15) is 34.1 Å². The lowest BCUT2D eigenvalue weighted by molar-refractivity contribution is -0.156. The minimum absolute atomic E-state index is 0.00420. The Hall–Kier alpha value is -1.34. The maximum Gasteiger partial charge on any atom is 0.407 e. The Bertz CT molecular complexity index is 349. The Labute approximate surface area is 126 Å². The van der Waals surface area contributed by atoms with Crippen LogP contribution in [0, 0.1) is 0 Å². The molecule has 0 aromatic heterocycles. The van der Waals surface area contributed by atoms with Gasteiger partial charge in [-0.15, -0.1) is 0 Å². The Balaban J connectivity index is 2.32. The maximum absolute atomic E-state index is 12.2. The third kappa shape index (κ3) is 6.77. The van der Waals surface area contributed by atoms with Crippen LogP contribution in [0.4, 0.5) is 4.79 Å². The predicted octanol–water partition coefficient (Wildman–Crippen LogP) is 0.997. The second kappa shape index (κ2) is 8.19. The number of rotatable bonds is 5. The molecule has 1 N–H and O–H groups in total. The van der Waals surface area contributed by atoms with Crippen LogP contribution in [-0.2, 0) is 14.3 Å². The molecule has 0 unspecified atom stereocenters. The predicted molar refractivity (Wildman–Crippen MR) is 78.6 cm³/mol. The van der Waals surface area contributed by atoms with Crippen LogP contribution < -0.4 is 5.32 Å². The summed E-state index contributed by atoms with van der Waals surface area (Å²) in [7, 11) is 0. The second-order valence-electron chi connectivity index (χ2n) is 5.85. The standard InChI is InChI=1S/C14H27N3O4/c1-5-17(16-8-10-20-11-9-16)12(18)6-7-15-13(19)21-14(2,3)4/h5-11H2,1-4H3,(H,15,19). The van der Waals surface area contributed by atoms with Gasteiger partial charge in [0, 0.05) is 32.6 Å². The van der Waals surface area contributed by atoms with E-state index < -0.39 is 11.7 Å². The normalized spacial score (nSPS) is 16.4. The summed E-state index contributed by atoms with van der Waals surface area (Å²) < 4.78 is 10.4. The Kier molecular flexibility index (Phi) is 6.91. The van der Waals surface area contributed by atoms with Gasteiger partial charge in [-0.25, -0.2) is 9.80 Å². The van der Waals surface area contributed by atoms with Crippen LogP contribution in [0.5, 0.6) is 0 Å². The van der Waals surface area contributed by atoms with Crippen molar-refractivity contribution in [1.29, 1.82) is 0 Å². The molecular weight excluding hydrogens is 274 g/mol. The third-order valence-corrected chi connectivity index (χ3v) is 2.92. The monoisotopic (exact) mass is 301 g/mol. The van der Waals surface area contributed by atoms with Gasteiger partial charge in [0.15, 0.2) is 0 Å². The third-order valence-electron chi connectivity index (χ3n) is 2.92. The Morgan fingerprint density at radius 2 is 1.90 bits per heavy atom. The number of carbonyl (C=O) groups is 2. The largest absolute Gasteiger partial charge is 0.444 e. The number of ether oxygens (including phenoxy) is 2. The van der Waals surface area contributed by atoms with Crippen LogP contribution >= 0.6 is 0 Å². The minimum Gasteiger partial charge on any atom is -0.444 e. The number of alkyl carbamates (subject to hydrolysis) is 1. The minimum atomic E-state index is -0.530. The van der Waals surface area contributed by atoms with Crippen molar-refractivity contribution in [3.05, 3.63) is 0 Å². The van der Waals surface area contributed by atoms with E-state index in [-0.39, 0.29) is 18.9 Å². The highest BCUT2D eigenvalue weighted by molar-refractivity contribution is 5.76. The van der Waals surface area contributed by atoms with Crippen molar-refractivity contribution in [2.45, 2.75) is 39.7 Å². The first-order chi connectivity index (χ1) is 9.83. The van der Waals surface area contributed by atoms with Gasteiger partial charge in [0.25, 0.3) is 0 Å². The Morgan fingerprint density at radius 3 is 2.43 bits per heavy atom. The van der Waals surface area contributed by atoms with Crippen molar-refractivity contribution in [2.24, 2.45) is 0 Å². The van der Waals surface area contributed by atoms with Crippen molar-refractivity contribution in [2.75, 3.05) is 39.4 Å². The summed E-state index contributed by atoms with van der Waals surface area (Å²) in [4.78, 5) is 23.7. The molecule has 0 aromatic carbocycles. The zero-order valence-corrected chi connectivity index (χ0v) is 13.5. The molecule has 1 aliphatic rings. The Morgan fingerprint density at radius 1 is 1.29 bits per heavy atom. The van der Waals surface area contributed by atoms with Gasteiger partial charge in [0.1, 0.15) is 5.60 Å². The first-order valence-corrected chi connectivity index (χ1v) is 7.43. The molecule has 1 rings (SSSR count). The van der Waals surface area contributed by atoms with Crippen LogP contribution in [0.2, 0.25) is 0 Å². The zero-order valence-electron chi connectivity index (χ0n) is 13.5. The van der Waals surface area contributed by atoms with Crippen molar-refractivity contribution >= 4 is 12.0 Å². The quantitative estimate of drug-likeness (QED) is 0.820. The summed E-state index contributed by atoms with van der Waals surface area (Å²) in [5, 5.41) is 6.32. The molecule has 0 spiro atoms. The van der Waals surface area contributed by atoms with E-state index in [1.807, 2.05) is 11.9 Å². The lowest BCUT2D eigenvalue weighted by Gasteiger charge is -2.36. The van der Waals surface area contributed by atoms with Crippen LogP contribution in [0.15, 0.2) is 0 Å². The molecule has 0 radical (unpaired) electrons. The van der Waals surface area contributed by atoms with E-state index in [4.69, 9.17) is 9.47 Å². The molecule has 1 heterocycles. The van der Waals surface area contributed by atoms with Gasteiger partial charge in [0.2, 0.25) is 5.91 Å².